The lowest BCUT2D eigenvalue weighted by Crippen LogP contribution is -2.45. The Morgan fingerprint density at radius 1 is 1.19 bits per heavy atom. The van der Waals surface area contributed by atoms with Crippen molar-refractivity contribution in [1.29, 1.82) is 5.26 Å². The molecule has 0 aliphatic rings. The van der Waals surface area contributed by atoms with E-state index in [2.05, 4.69) is 25.6 Å². The molecule has 0 saturated carbocycles. The molecule has 37 heavy (non-hydrogen) atoms. The van der Waals surface area contributed by atoms with Crippen molar-refractivity contribution in [2.24, 2.45) is 4.99 Å². The van der Waals surface area contributed by atoms with Crippen LogP contribution in [0.1, 0.15) is 19.3 Å². The van der Waals surface area contributed by atoms with E-state index in [-0.39, 0.29) is 17.3 Å². The third kappa shape index (κ3) is 10.4. The molecule has 0 aliphatic carbocycles. The number of aliphatic imine (C=N–C) groups is 1. The van der Waals surface area contributed by atoms with Gasteiger partial charge in [-0.1, -0.05) is 0 Å². The Hall–Kier alpha value is -3.77. The number of nitriles is 1. The van der Waals surface area contributed by atoms with Gasteiger partial charge in [-0.05, 0) is 67.8 Å². The van der Waals surface area contributed by atoms with Crippen LogP contribution in [0.25, 0.3) is 0 Å². The van der Waals surface area contributed by atoms with Crippen LogP contribution >= 0.6 is 0 Å². The molecule has 0 bridgehead atoms. The van der Waals surface area contributed by atoms with Crippen molar-refractivity contribution in [3.05, 3.63) is 54.3 Å². The van der Waals surface area contributed by atoms with Gasteiger partial charge < -0.3 is 14.8 Å². The smallest absolute Gasteiger partial charge is 0.261 e. The molecule has 5 N–H and O–H groups in total. The van der Waals surface area contributed by atoms with Crippen LogP contribution in [0.4, 0.5) is 4.39 Å². The number of methoxy groups -OCH3 is 1. The maximum Gasteiger partial charge on any atom is 0.261 e. The molecular formula is C23H29FN6O6S. The fourth-order valence-corrected chi connectivity index (χ4v) is 4.24. The van der Waals surface area contributed by atoms with Gasteiger partial charge in [0, 0.05) is 20.2 Å². The number of amides is 1. The van der Waals surface area contributed by atoms with Crippen LogP contribution < -0.4 is 25.6 Å². The molecule has 0 spiro atoms. The normalized spacial score (nSPS) is 12.7. The van der Waals surface area contributed by atoms with Crippen LogP contribution in [0.15, 0.2) is 58.4 Å². The monoisotopic (exact) mass is 537 g/mol. The van der Waals surface area contributed by atoms with Gasteiger partial charge in [0.2, 0.25) is 17.4 Å². The number of nitrogens with zero attached hydrogens (tertiary/aromatic N) is 2. The maximum absolute atomic E-state index is 13.0. The highest BCUT2D eigenvalue weighted by molar-refractivity contribution is 7.89. The summed E-state index contributed by atoms with van der Waals surface area (Å²) in [7, 11) is -2.58. The molecule has 12 nitrogen and oxygen atoms in total. The number of ether oxygens (including phenoxy) is 2. The number of rotatable bonds is 15. The van der Waals surface area contributed by atoms with Crippen molar-refractivity contribution < 1.29 is 33.7 Å². The zero-order chi connectivity index (χ0) is 27.8. The number of unbranched alkanes of at least 4 members (excludes halogenated alkanes) is 1. The van der Waals surface area contributed by atoms with E-state index in [0.717, 1.165) is 0 Å². The van der Waals surface area contributed by atoms with E-state index in [1.807, 2.05) is 5.48 Å². The van der Waals surface area contributed by atoms with Gasteiger partial charge in [0.05, 0.1) is 11.5 Å². The predicted octanol–water partition coefficient (Wildman–Crippen LogP) is 1.60. The van der Waals surface area contributed by atoms with Gasteiger partial charge in [0.25, 0.3) is 5.91 Å². The summed E-state index contributed by atoms with van der Waals surface area (Å²) in [5, 5.41) is 18.0. The SMILES string of the molecule is [2H]ONC(=O)[C@H](CCCCN=C(NC#N)NCCOC)NS(=O)(=O)c1ccc(Oc2ccc(F)cc2)cc1. The number of carbonyl (C=O) groups excluding carboxylic acids is 1. The lowest BCUT2D eigenvalue weighted by molar-refractivity contribution is -0.131. The first kappa shape index (κ1) is 27.8. The molecule has 0 aromatic heterocycles. The number of hydroxylamine groups is 1. The molecule has 1 atom stereocenters. The molecule has 0 saturated heterocycles. The van der Waals surface area contributed by atoms with Gasteiger partial charge in [0.15, 0.2) is 6.19 Å². The second-order valence-corrected chi connectivity index (χ2v) is 9.26. The Bertz CT molecular complexity index is 1190. The summed E-state index contributed by atoms with van der Waals surface area (Å²) in [5.41, 5.74) is 1.82. The van der Waals surface area contributed by atoms with E-state index in [1.54, 1.807) is 13.3 Å². The topological polar surface area (TPSA) is 174 Å². The molecule has 0 aliphatic heterocycles. The Labute approximate surface area is 216 Å². The molecule has 0 radical (unpaired) electrons. The summed E-state index contributed by atoms with van der Waals surface area (Å²) >= 11 is 0. The first-order valence-corrected chi connectivity index (χ1v) is 12.7. The molecule has 2 rings (SSSR count). The van der Waals surface area contributed by atoms with Crippen molar-refractivity contribution >= 4 is 21.9 Å². The largest absolute Gasteiger partial charge is 0.457 e. The number of guanidine groups is 1. The summed E-state index contributed by atoms with van der Waals surface area (Å²) < 4.78 is 58.4. The summed E-state index contributed by atoms with van der Waals surface area (Å²) in [6.45, 7) is 1.17. The summed E-state index contributed by atoms with van der Waals surface area (Å²) in [4.78, 5) is 16.4. The van der Waals surface area contributed by atoms with Crippen LogP contribution in [-0.2, 0) is 19.6 Å². The van der Waals surface area contributed by atoms with Crippen LogP contribution in [0.3, 0.4) is 0 Å². The highest BCUT2D eigenvalue weighted by Gasteiger charge is 2.25. The molecule has 200 valence electrons. The van der Waals surface area contributed by atoms with Gasteiger partial charge in [0.1, 0.15) is 23.4 Å². The fourth-order valence-electron chi connectivity index (χ4n) is 3.01. The molecule has 0 heterocycles. The molecule has 0 unspecified atom stereocenters. The summed E-state index contributed by atoms with van der Waals surface area (Å²) in [5.74, 6) is -0.277. The quantitative estimate of drug-likeness (QED) is 0.0430. The first-order chi connectivity index (χ1) is 18.3. The molecule has 0 fully saturated rings. The third-order valence-corrected chi connectivity index (χ3v) is 6.33. The Morgan fingerprint density at radius 3 is 2.49 bits per heavy atom. The molecule has 2 aromatic rings. The number of carbonyl (C=O) groups is 1. The van der Waals surface area contributed by atoms with Crippen molar-refractivity contribution in [1.82, 2.24) is 20.8 Å². The van der Waals surface area contributed by atoms with Crippen LogP contribution in [0.2, 0.25) is 1.43 Å². The molecule has 2 aromatic carbocycles. The van der Waals surface area contributed by atoms with Crippen molar-refractivity contribution in [2.45, 2.75) is 30.2 Å². The fraction of sp³-hybridized carbons (Fsp3) is 0.348. The standard InChI is InChI=1S/C23H29FN6O6S/c1-35-15-14-27-23(28-16-25)26-13-3-2-4-21(22(31)29-32)30-37(33,34)20-11-9-19(10-12-20)36-18-7-5-17(24)6-8-18/h5-12,21,30,32H,2-4,13-15H2,1H3,(H,29,31)(H2,26,27,28)/t21-/m0/s1/i/hD. The van der Waals surface area contributed by atoms with Gasteiger partial charge in [-0.25, -0.2) is 18.3 Å². The summed E-state index contributed by atoms with van der Waals surface area (Å²) in [6, 6.07) is 9.55. The number of benzene rings is 2. The minimum atomic E-state index is -4.12. The minimum absolute atomic E-state index is 0.0911. The van der Waals surface area contributed by atoms with Gasteiger partial charge >= 0.3 is 0 Å². The molecular weight excluding hydrogens is 507 g/mol. The maximum atomic E-state index is 13.0. The Balaban J connectivity index is 1.98. The molecule has 1 amide bonds. The lowest BCUT2D eigenvalue weighted by Gasteiger charge is -2.17. The van der Waals surface area contributed by atoms with E-state index < -0.39 is 27.8 Å². The van der Waals surface area contributed by atoms with Crippen molar-refractivity contribution in [3.8, 4) is 17.7 Å². The van der Waals surface area contributed by atoms with Crippen LogP contribution in [-0.4, -0.2) is 58.3 Å². The average molecular weight is 538 g/mol. The second-order valence-electron chi connectivity index (χ2n) is 7.55. The van der Waals surface area contributed by atoms with E-state index in [1.165, 1.54) is 48.5 Å². The van der Waals surface area contributed by atoms with E-state index in [4.69, 9.17) is 16.2 Å². The number of sulfonamides is 1. The van der Waals surface area contributed by atoms with Crippen molar-refractivity contribution in [2.75, 3.05) is 26.8 Å². The second kappa shape index (κ2) is 15.4. The number of halogens is 1. The zero-order valence-corrected chi connectivity index (χ0v) is 20.9. The molecule has 14 heteroatoms. The third-order valence-electron chi connectivity index (χ3n) is 4.84. The van der Waals surface area contributed by atoms with Gasteiger partial charge in [-0.15, -0.1) is 0 Å². The highest BCUT2D eigenvalue weighted by atomic mass is 32.2. The van der Waals surface area contributed by atoms with E-state index in [9.17, 15) is 17.6 Å². The first-order valence-electron chi connectivity index (χ1n) is 11.6. The number of nitrogens with one attached hydrogen (secondary N) is 4. The van der Waals surface area contributed by atoms with Crippen molar-refractivity contribution in [3.63, 3.8) is 0 Å². The minimum Gasteiger partial charge on any atom is -0.457 e. The van der Waals surface area contributed by atoms with Crippen LogP contribution in [0.5, 0.6) is 11.5 Å². The highest BCUT2D eigenvalue weighted by Crippen LogP contribution is 2.23. The number of hydrogen-bond donors (Lipinski definition) is 5. The van der Waals surface area contributed by atoms with E-state index in [0.29, 0.717) is 44.0 Å². The Kier molecular flexibility index (Phi) is 11.5. The number of hydrogen-bond acceptors (Lipinski definition) is 8. The van der Waals surface area contributed by atoms with Gasteiger partial charge in [-0.2, -0.15) is 9.98 Å². The predicted molar refractivity (Wildman–Crippen MR) is 132 cm³/mol. The lowest BCUT2D eigenvalue weighted by atomic mass is 10.1. The zero-order valence-electron chi connectivity index (χ0n) is 21.1. The average Bonchev–Trinajstić information content (AvgIpc) is 2.89. The summed E-state index contributed by atoms with van der Waals surface area (Å²) in [6.07, 6.45) is 2.74. The van der Waals surface area contributed by atoms with Crippen LogP contribution in [0, 0.1) is 17.3 Å². The Morgan fingerprint density at radius 2 is 1.86 bits per heavy atom. The van der Waals surface area contributed by atoms with Gasteiger partial charge in [-0.3, -0.25) is 20.3 Å². The van der Waals surface area contributed by atoms with E-state index >= 15 is 0 Å².